The first-order valence-corrected chi connectivity index (χ1v) is 12.6. The number of hydrogen-bond acceptors (Lipinski definition) is 6. The van der Waals surface area contributed by atoms with Crippen molar-refractivity contribution in [3.8, 4) is 5.75 Å². The zero-order chi connectivity index (χ0) is 24.6. The van der Waals surface area contributed by atoms with Crippen LogP contribution in [0.4, 0.5) is 5.69 Å². The zero-order valence-corrected chi connectivity index (χ0v) is 20.3. The number of piperidine rings is 1. The lowest BCUT2D eigenvalue weighted by atomic mass is 9.96. The summed E-state index contributed by atoms with van der Waals surface area (Å²) in [6, 6.07) is 12.4. The van der Waals surface area contributed by atoms with Crippen LogP contribution in [0.25, 0.3) is 0 Å². The minimum Gasteiger partial charge on any atom is -0.497 e. The van der Waals surface area contributed by atoms with Crippen LogP contribution in [0, 0.1) is 5.92 Å². The average Bonchev–Trinajstić information content (AvgIpc) is 2.86. The fraction of sp³-hybridized carbons (Fsp3) is 0.417. The van der Waals surface area contributed by atoms with Gasteiger partial charge >= 0.3 is 0 Å². The van der Waals surface area contributed by atoms with E-state index < -0.39 is 10.0 Å². The van der Waals surface area contributed by atoms with Crippen molar-refractivity contribution in [3.63, 3.8) is 0 Å². The Bertz CT molecular complexity index is 1090. The lowest BCUT2D eigenvalue weighted by Gasteiger charge is -2.32. The number of rotatable bonds is 10. The van der Waals surface area contributed by atoms with Crippen LogP contribution in [-0.4, -0.2) is 65.6 Å². The Morgan fingerprint density at radius 2 is 1.88 bits per heavy atom. The summed E-state index contributed by atoms with van der Waals surface area (Å²) in [6.07, 6.45) is 2.23. The third kappa shape index (κ3) is 6.71. The number of amides is 2. The molecule has 1 aliphatic heterocycles. The van der Waals surface area contributed by atoms with Gasteiger partial charge in [-0.3, -0.25) is 14.3 Å². The van der Waals surface area contributed by atoms with Crippen LogP contribution in [0.5, 0.6) is 5.75 Å². The van der Waals surface area contributed by atoms with E-state index >= 15 is 0 Å². The Hall–Kier alpha value is -3.11. The number of nitrogens with one attached hydrogen (secondary N) is 2. The molecule has 0 bridgehead atoms. The SMILES string of the molecule is COCCCNC(=O)C1CCCN(C(=O)c2ccc(NS(=O)(=O)c3cccc(OC)c3)cc2)C1. The number of nitrogens with zero attached hydrogens (tertiary/aromatic N) is 1. The highest BCUT2D eigenvalue weighted by Gasteiger charge is 2.28. The van der Waals surface area contributed by atoms with E-state index in [1.807, 2.05) is 0 Å². The number of benzene rings is 2. The molecule has 0 spiro atoms. The van der Waals surface area contributed by atoms with Gasteiger partial charge in [0.2, 0.25) is 5.91 Å². The van der Waals surface area contributed by atoms with Crippen molar-refractivity contribution in [1.29, 1.82) is 0 Å². The van der Waals surface area contributed by atoms with Gasteiger partial charge in [0.25, 0.3) is 15.9 Å². The lowest BCUT2D eigenvalue weighted by molar-refractivity contribution is -0.126. The highest BCUT2D eigenvalue weighted by atomic mass is 32.2. The average molecular weight is 490 g/mol. The van der Waals surface area contributed by atoms with Crippen molar-refractivity contribution in [2.75, 3.05) is 45.2 Å². The maximum Gasteiger partial charge on any atom is 0.262 e. The summed E-state index contributed by atoms with van der Waals surface area (Å²) in [5, 5.41) is 2.91. The van der Waals surface area contributed by atoms with Gasteiger partial charge < -0.3 is 19.7 Å². The van der Waals surface area contributed by atoms with E-state index in [4.69, 9.17) is 9.47 Å². The van der Waals surface area contributed by atoms with Gasteiger partial charge in [0, 0.05) is 50.7 Å². The van der Waals surface area contributed by atoms with E-state index in [1.165, 1.54) is 19.2 Å². The van der Waals surface area contributed by atoms with Crippen molar-refractivity contribution in [1.82, 2.24) is 10.2 Å². The van der Waals surface area contributed by atoms with Gasteiger partial charge in [-0.05, 0) is 55.7 Å². The molecule has 2 amide bonds. The molecule has 2 N–H and O–H groups in total. The van der Waals surface area contributed by atoms with E-state index in [0.29, 0.717) is 43.2 Å². The second kappa shape index (κ2) is 11.8. The zero-order valence-electron chi connectivity index (χ0n) is 19.5. The van der Waals surface area contributed by atoms with Gasteiger partial charge in [0.05, 0.1) is 17.9 Å². The smallest absolute Gasteiger partial charge is 0.262 e. The fourth-order valence-electron chi connectivity index (χ4n) is 3.79. The number of methoxy groups -OCH3 is 2. The molecule has 1 unspecified atom stereocenters. The third-order valence-corrected chi connectivity index (χ3v) is 7.02. The van der Waals surface area contributed by atoms with Crippen molar-refractivity contribution in [2.24, 2.45) is 5.92 Å². The maximum absolute atomic E-state index is 13.0. The number of likely N-dealkylation sites (tertiary alicyclic amines) is 1. The highest BCUT2D eigenvalue weighted by molar-refractivity contribution is 7.92. The van der Waals surface area contributed by atoms with Crippen molar-refractivity contribution < 1.29 is 27.5 Å². The number of ether oxygens (including phenoxy) is 2. The Morgan fingerprint density at radius 1 is 1.12 bits per heavy atom. The van der Waals surface area contributed by atoms with E-state index in [2.05, 4.69) is 10.0 Å². The summed E-state index contributed by atoms with van der Waals surface area (Å²) < 4.78 is 37.9. The second-order valence-electron chi connectivity index (χ2n) is 8.09. The predicted molar refractivity (Wildman–Crippen MR) is 128 cm³/mol. The third-order valence-electron chi connectivity index (χ3n) is 5.64. The number of carbonyl (C=O) groups excluding carboxylic acids is 2. The van der Waals surface area contributed by atoms with Crippen LogP contribution < -0.4 is 14.8 Å². The number of carbonyl (C=O) groups is 2. The summed E-state index contributed by atoms with van der Waals surface area (Å²) in [5.74, 6) is -0.0310. The molecule has 0 aromatic heterocycles. The molecule has 1 aliphatic rings. The first-order chi connectivity index (χ1) is 16.3. The number of sulfonamides is 1. The topological polar surface area (TPSA) is 114 Å². The normalized spacial score (nSPS) is 16.1. The molecule has 0 aliphatic carbocycles. The molecule has 2 aromatic rings. The van der Waals surface area contributed by atoms with Gasteiger partial charge in [0.15, 0.2) is 0 Å². The molecule has 10 heteroatoms. The monoisotopic (exact) mass is 489 g/mol. The van der Waals surface area contributed by atoms with Gasteiger partial charge in [-0.1, -0.05) is 6.07 Å². The van der Waals surface area contributed by atoms with Gasteiger partial charge in [0.1, 0.15) is 5.75 Å². The second-order valence-corrected chi connectivity index (χ2v) is 9.77. The first-order valence-electron chi connectivity index (χ1n) is 11.2. The van der Waals surface area contributed by atoms with Crippen LogP contribution in [0.3, 0.4) is 0 Å². The molecule has 34 heavy (non-hydrogen) atoms. The van der Waals surface area contributed by atoms with Crippen LogP contribution in [0.15, 0.2) is 53.4 Å². The summed E-state index contributed by atoms with van der Waals surface area (Å²) in [6.45, 7) is 2.07. The Kier molecular flexibility index (Phi) is 8.89. The summed E-state index contributed by atoms with van der Waals surface area (Å²) in [7, 11) is -0.719. The lowest BCUT2D eigenvalue weighted by Crippen LogP contribution is -2.45. The molecule has 0 saturated carbocycles. The minimum absolute atomic E-state index is 0.0455. The molecule has 184 valence electrons. The molecule has 1 atom stereocenters. The number of anilines is 1. The number of hydrogen-bond donors (Lipinski definition) is 2. The van der Waals surface area contributed by atoms with E-state index in [-0.39, 0.29) is 22.6 Å². The van der Waals surface area contributed by atoms with E-state index in [1.54, 1.807) is 48.4 Å². The predicted octanol–water partition coefficient (Wildman–Crippen LogP) is 2.50. The van der Waals surface area contributed by atoms with Gasteiger partial charge in [-0.2, -0.15) is 0 Å². The standard InChI is InChI=1S/C24H31N3O6S/c1-32-15-5-13-25-23(28)19-6-4-14-27(17-19)24(29)18-9-11-20(12-10-18)26-34(30,31)22-8-3-7-21(16-22)33-2/h3,7-12,16,19,26H,4-6,13-15,17H2,1-2H3,(H,25,28). The van der Waals surface area contributed by atoms with Crippen molar-refractivity contribution >= 4 is 27.5 Å². The molecular weight excluding hydrogens is 458 g/mol. The van der Waals surface area contributed by atoms with Crippen molar-refractivity contribution in [3.05, 3.63) is 54.1 Å². The van der Waals surface area contributed by atoms with E-state index in [9.17, 15) is 18.0 Å². The van der Waals surface area contributed by atoms with E-state index in [0.717, 1.165) is 19.3 Å². The summed E-state index contributed by atoms with van der Waals surface area (Å²) in [4.78, 5) is 27.2. The van der Waals surface area contributed by atoms with Crippen LogP contribution in [-0.2, 0) is 19.6 Å². The molecule has 9 nitrogen and oxygen atoms in total. The van der Waals surface area contributed by atoms with Crippen LogP contribution in [0.1, 0.15) is 29.6 Å². The Balaban J connectivity index is 1.60. The van der Waals surface area contributed by atoms with Crippen LogP contribution >= 0.6 is 0 Å². The van der Waals surface area contributed by atoms with Gasteiger partial charge in [-0.25, -0.2) is 8.42 Å². The summed E-state index contributed by atoms with van der Waals surface area (Å²) in [5.41, 5.74) is 0.775. The van der Waals surface area contributed by atoms with Gasteiger partial charge in [-0.15, -0.1) is 0 Å². The largest absolute Gasteiger partial charge is 0.497 e. The molecule has 1 heterocycles. The maximum atomic E-state index is 13.0. The fourth-order valence-corrected chi connectivity index (χ4v) is 4.89. The molecule has 1 saturated heterocycles. The Labute approximate surface area is 200 Å². The molecule has 1 fully saturated rings. The molecule has 2 aromatic carbocycles. The van der Waals surface area contributed by atoms with Crippen molar-refractivity contribution in [2.45, 2.75) is 24.2 Å². The summed E-state index contributed by atoms with van der Waals surface area (Å²) >= 11 is 0. The minimum atomic E-state index is -3.81. The Morgan fingerprint density at radius 3 is 2.59 bits per heavy atom. The highest BCUT2D eigenvalue weighted by Crippen LogP contribution is 2.22. The first kappa shape index (κ1) is 25.5. The molecule has 3 rings (SSSR count). The molecule has 0 radical (unpaired) electrons. The molecular formula is C24H31N3O6S. The quantitative estimate of drug-likeness (QED) is 0.496. The van der Waals surface area contributed by atoms with Crippen LogP contribution in [0.2, 0.25) is 0 Å².